The summed E-state index contributed by atoms with van der Waals surface area (Å²) in [7, 11) is 0. The Morgan fingerprint density at radius 2 is 1.88 bits per heavy atom. The molecule has 0 saturated carbocycles. The first-order chi connectivity index (χ1) is 12.3. The van der Waals surface area contributed by atoms with Gasteiger partial charge in [0.15, 0.2) is 0 Å². The molecular weight excluding hydrogens is 334 g/mol. The second-order valence-corrected chi connectivity index (χ2v) is 6.64. The van der Waals surface area contributed by atoms with Gasteiger partial charge < -0.3 is 15.2 Å². The number of hydrogen-bond donors (Lipinski definition) is 2. The molecule has 0 aliphatic heterocycles. The van der Waals surface area contributed by atoms with E-state index in [2.05, 4.69) is 5.32 Å². The number of nitrogens with one attached hydrogen (secondary N) is 1. The predicted molar refractivity (Wildman–Crippen MR) is 98.0 cm³/mol. The van der Waals surface area contributed by atoms with Gasteiger partial charge in [-0.25, -0.2) is 4.79 Å². The van der Waals surface area contributed by atoms with Crippen molar-refractivity contribution in [3.8, 4) is 0 Å². The van der Waals surface area contributed by atoms with Crippen LogP contribution in [0.4, 0.5) is 5.69 Å². The van der Waals surface area contributed by atoms with E-state index in [0.29, 0.717) is 24.9 Å². The van der Waals surface area contributed by atoms with Gasteiger partial charge in [-0.3, -0.25) is 9.59 Å². The zero-order chi connectivity index (χ0) is 19.3. The molecule has 1 amide bonds. The minimum Gasteiger partial charge on any atom is -0.478 e. The molecule has 6 heteroatoms. The van der Waals surface area contributed by atoms with Crippen LogP contribution < -0.4 is 5.32 Å². The minimum atomic E-state index is -1.06. The average Bonchev–Trinajstić information content (AvgIpc) is 2.63. The SMILES string of the molecule is CC[C@H](C)OC(=O)[C@@H]1CC=CC[C@@H]1C(=O)Nc1cc(C(=O)O)ccc1C. The van der Waals surface area contributed by atoms with Gasteiger partial charge in [0, 0.05) is 5.69 Å². The van der Waals surface area contributed by atoms with E-state index in [1.807, 2.05) is 26.0 Å². The number of carbonyl (C=O) groups is 3. The van der Waals surface area contributed by atoms with Crippen molar-refractivity contribution in [2.24, 2.45) is 11.8 Å². The molecule has 1 aromatic carbocycles. The molecule has 26 heavy (non-hydrogen) atoms. The van der Waals surface area contributed by atoms with Crippen molar-refractivity contribution < 1.29 is 24.2 Å². The summed E-state index contributed by atoms with van der Waals surface area (Å²) < 4.78 is 5.41. The molecular formula is C20H25NO5. The minimum absolute atomic E-state index is 0.0992. The van der Waals surface area contributed by atoms with E-state index < -0.39 is 17.8 Å². The van der Waals surface area contributed by atoms with Crippen molar-refractivity contribution >= 4 is 23.5 Å². The van der Waals surface area contributed by atoms with Gasteiger partial charge in [0.05, 0.1) is 23.5 Å². The number of rotatable bonds is 6. The molecule has 0 fully saturated rings. The third-order valence-corrected chi connectivity index (χ3v) is 4.71. The van der Waals surface area contributed by atoms with Crippen LogP contribution in [0.1, 0.15) is 49.0 Å². The Bertz CT molecular complexity index is 725. The number of ether oxygens (including phenoxy) is 1. The van der Waals surface area contributed by atoms with Crippen LogP contribution in [-0.4, -0.2) is 29.1 Å². The summed E-state index contributed by atoms with van der Waals surface area (Å²) in [5.74, 6) is -2.79. The van der Waals surface area contributed by atoms with Crippen LogP contribution >= 0.6 is 0 Å². The van der Waals surface area contributed by atoms with Crippen molar-refractivity contribution in [3.05, 3.63) is 41.5 Å². The lowest BCUT2D eigenvalue weighted by Crippen LogP contribution is -2.36. The Kier molecular flexibility index (Phi) is 6.55. The Balaban J connectivity index is 2.16. The monoisotopic (exact) mass is 359 g/mol. The van der Waals surface area contributed by atoms with Gasteiger partial charge in [0.1, 0.15) is 0 Å². The summed E-state index contributed by atoms with van der Waals surface area (Å²) >= 11 is 0. The van der Waals surface area contributed by atoms with Gasteiger partial charge >= 0.3 is 11.9 Å². The van der Waals surface area contributed by atoms with Gasteiger partial charge in [-0.15, -0.1) is 0 Å². The number of benzene rings is 1. The number of aryl methyl sites for hydroxylation is 1. The number of carboxylic acid groups (broad SMARTS) is 1. The maximum absolute atomic E-state index is 12.8. The number of aromatic carboxylic acids is 1. The van der Waals surface area contributed by atoms with E-state index >= 15 is 0 Å². The maximum Gasteiger partial charge on any atom is 0.335 e. The summed E-state index contributed by atoms with van der Waals surface area (Å²) in [6.45, 7) is 5.55. The van der Waals surface area contributed by atoms with Crippen molar-refractivity contribution in [2.45, 2.75) is 46.1 Å². The van der Waals surface area contributed by atoms with Crippen molar-refractivity contribution in [1.29, 1.82) is 0 Å². The van der Waals surface area contributed by atoms with Crippen molar-refractivity contribution in [2.75, 3.05) is 5.32 Å². The molecule has 0 aromatic heterocycles. The number of amides is 1. The normalized spacial score (nSPS) is 20.3. The Labute approximate surface area is 153 Å². The maximum atomic E-state index is 12.8. The molecule has 0 radical (unpaired) electrons. The first-order valence-electron chi connectivity index (χ1n) is 8.83. The molecule has 3 atom stereocenters. The standard InChI is InChI=1S/C20H25NO5/c1-4-13(3)26-20(25)16-8-6-5-7-15(16)18(22)21-17-11-14(19(23)24)10-9-12(17)2/h5-6,9-11,13,15-16H,4,7-8H2,1-3H3,(H,21,22)(H,23,24)/t13-,15-,16+/m0/s1. The van der Waals surface area contributed by atoms with Crippen LogP contribution in [0.25, 0.3) is 0 Å². The second-order valence-electron chi connectivity index (χ2n) is 6.64. The van der Waals surface area contributed by atoms with Gasteiger partial charge in [0.25, 0.3) is 0 Å². The summed E-state index contributed by atoms with van der Waals surface area (Å²) in [5, 5.41) is 11.9. The van der Waals surface area contributed by atoms with E-state index in [4.69, 9.17) is 9.84 Å². The van der Waals surface area contributed by atoms with E-state index in [0.717, 1.165) is 5.56 Å². The van der Waals surface area contributed by atoms with Crippen LogP contribution in [0.5, 0.6) is 0 Å². The molecule has 1 aromatic rings. The fourth-order valence-corrected chi connectivity index (χ4v) is 2.85. The summed E-state index contributed by atoms with van der Waals surface area (Å²) in [6, 6.07) is 4.57. The van der Waals surface area contributed by atoms with Gasteiger partial charge in [-0.1, -0.05) is 25.1 Å². The van der Waals surface area contributed by atoms with E-state index in [-0.39, 0.29) is 23.5 Å². The fraction of sp³-hybridized carbons (Fsp3) is 0.450. The zero-order valence-electron chi connectivity index (χ0n) is 15.3. The fourth-order valence-electron chi connectivity index (χ4n) is 2.85. The van der Waals surface area contributed by atoms with Crippen LogP contribution in [0.3, 0.4) is 0 Å². The Morgan fingerprint density at radius 3 is 2.50 bits per heavy atom. The molecule has 0 spiro atoms. The molecule has 0 saturated heterocycles. The lowest BCUT2D eigenvalue weighted by Gasteiger charge is -2.27. The van der Waals surface area contributed by atoms with Crippen molar-refractivity contribution in [3.63, 3.8) is 0 Å². The number of anilines is 1. The number of hydrogen-bond acceptors (Lipinski definition) is 4. The number of carboxylic acids is 1. The highest BCUT2D eigenvalue weighted by molar-refractivity contribution is 5.97. The lowest BCUT2D eigenvalue weighted by atomic mass is 9.82. The molecule has 2 N–H and O–H groups in total. The van der Waals surface area contributed by atoms with Gasteiger partial charge in [0.2, 0.25) is 5.91 Å². The number of carbonyl (C=O) groups excluding carboxylic acids is 2. The van der Waals surface area contributed by atoms with Crippen LogP contribution in [-0.2, 0) is 14.3 Å². The van der Waals surface area contributed by atoms with E-state index in [9.17, 15) is 14.4 Å². The predicted octanol–water partition coefficient (Wildman–Crippen LogP) is 3.56. The molecule has 0 heterocycles. The van der Waals surface area contributed by atoms with Gasteiger partial charge in [-0.2, -0.15) is 0 Å². The molecule has 2 rings (SSSR count). The molecule has 0 unspecified atom stereocenters. The molecule has 0 bridgehead atoms. The smallest absolute Gasteiger partial charge is 0.335 e. The topological polar surface area (TPSA) is 92.7 Å². The highest BCUT2D eigenvalue weighted by Gasteiger charge is 2.35. The quantitative estimate of drug-likeness (QED) is 0.598. The largest absolute Gasteiger partial charge is 0.478 e. The number of allylic oxidation sites excluding steroid dienone is 2. The van der Waals surface area contributed by atoms with Crippen molar-refractivity contribution in [1.82, 2.24) is 0 Å². The van der Waals surface area contributed by atoms with E-state index in [1.54, 1.807) is 13.0 Å². The summed E-state index contributed by atoms with van der Waals surface area (Å²) in [6.07, 6.45) is 5.21. The Morgan fingerprint density at radius 1 is 1.23 bits per heavy atom. The van der Waals surface area contributed by atoms with Crippen LogP contribution in [0.15, 0.2) is 30.4 Å². The first-order valence-corrected chi connectivity index (χ1v) is 8.83. The number of esters is 1. The highest BCUT2D eigenvalue weighted by Crippen LogP contribution is 2.29. The average molecular weight is 359 g/mol. The van der Waals surface area contributed by atoms with Crippen LogP contribution in [0.2, 0.25) is 0 Å². The van der Waals surface area contributed by atoms with E-state index in [1.165, 1.54) is 12.1 Å². The molecule has 1 aliphatic carbocycles. The summed E-state index contributed by atoms with van der Waals surface area (Å²) in [4.78, 5) is 36.3. The summed E-state index contributed by atoms with van der Waals surface area (Å²) in [5.41, 5.74) is 1.30. The Hall–Kier alpha value is -2.63. The zero-order valence-corrected chi connectivity index (χ0v) is 15.3. The third-order valence-electron chi connectivity index (χ3n) is 4.71. The third kappa shape index (κ3) is 4.71. The second kappa shape index (κ2) is 8.65. The lowest BCUT2D eigenvalue weighted by molar-refractivity contribution is -0.157. The molecule has 140 valence electrons. The highest BCUT2D eigenvalue weighted by atomic mass is 16.5. The van der Waals surface area contributed by atoms with Gasteiger partial charge in [-0.05, 0) is 50.8 Å². The molecule has 1 aliphatic rings. The first kappa shape index (κ1) is 19.7. The van der Waals surface area contributed by atoms with Crippen LogP contribution in [0, 0.1) is 18.8 Å². The molecule has 6 nitrogen and oxygen atoms in total.